The van der Waals surface area contributed by atoms with Crippen molar-refractivity contribution in [3.63, 3.8) is 0 Å². The van der Waals surface area contributed by atoms with Gasteiger partial charge in [0, 0.05) is 26.2 Å². The maximum atomic E-state index is 12.7. The number of rotatable bonds is 2. The predicted molar refractivity (Wildman–Crippen MR) is 73.5 cm³/mol. The van der Waals surface area contributed by atoms with E-state index in [0.29, 0.717) is 39.0 Å². The van der Waals surface area contributed by atoms with Crippen LogP contribution in [0.15, 0.2) is 0 Å². The zero-order chi connectivity index (χ0) is 15.1. The van der Waals surface area contributed by atoms with Crippen molar-refractivity contribution in [1.82, 2.24) is 15.1 Å². The molecule has 4 unspecified atom stereocenters. The second-order valence-electron chi connectivity index (χ2n) is 6.45. The first-order valence-corrected chi connectivity index (χ1v) is 7.53. The maximum Gasteiger partial charge on any atom is 0.317 e. The minimum atomic E-state index is -0.867. The smallest absolute Gasteiger partial charge is 0.317 e. The predicted octanol–water partition coefficient (Wildman–Crippen LogP) is -0.0307. The average Bonchev–Trinajstić information content (AvgIpc) is 3.01. The van der Waals surface area contributed by atoms with Gasteiger partial charge in [0.25, 0.3) is 0 Å². The van der Waals surface area contributed by atoms with Crippen LogP contribution in [-0.4, -0.2) is 65.0 Å². The first kappa shape index (κ1) is 14.2. The molecule has 3 fully saturated rings. The van der Waals surface area contributed by atoms with Crippen molar-refractivity contribution < 1.29 is 19.5 Å². The SMILES string of the molecule is CC1CC(C(=O)O)C(C(=O)N2CCN3C(=O)NCC3C2)C1. The van der Waals surface area contributed by atoms with Gasteiger partial charge in [-0.1, -0.05) is 6.92 Å². The van der Waals surface area contributed by atoms with Gasteiger partial charge in [-0.2, -0.15) is 0 Å². The van der Waals surface area contributed by atoms with Crippen LogP contribution in [0.5, 0.6) is 0 Å². The van der Waals surface area contributed by atoms with E-state index in [1.807, 2.05) is 6.92 Å². The van der Waals surface area contributed by atoms with E-state index < -0.39 is 17.8 Å². The second-order valence-corrected chi connectivity index (χ2v) is 6.45. The van der Waals surface area contributed by atoms with Crippen molar-refractivity contribution in [3.05, 3.63) is 0 Å². The Hall–Kier alpha value is -1.79. The Morgan fingerprint density at radius 1 is 1.24 bits per heavy atom. The fourth-order valence-electron chi connectivity index (χ4n) is 3.88. The van der Waals surface area contributed by atoms with Gasteiger partial charge in [-0.3, -0.25) is 9.59 Å². The van der Waals surface area contributed by atoms with Crippen LogP contribution in [-0.2, 0) is 9.59 Å². The third-order valence-corrected chi connectivity index (χ3v) is 4.98. The van der Waals surface area contributed by atoms with Crippen LogP contribution < -0.4 is 5.32 Å². The van der Waals surface area contributed by atoms with Crippen molar-refractivity contribution in [1.29, 1.82) is 0 Å². The summed E-state index contributed by atoms with van der Waals surface area (Å²) >= 11 is 0. The van der Waals surface area contributed by atoms with E-state index in [1.54, 1.807) is 9.80 Å². The van der Waals surface area contributed by atoms with Gasteiger partial charge in [0.2, 0.25) is 5.91 Å². The molecule has 116 valence electrons. The van der Waals surface area contributed by atoms with Gasteiger partial charge >= 0.3 is 12.0 Å². The third-order valence-electron chi connectivity index (χ3n) is 4.98. The Bertz CT molecular complexity index is 481. The Labute approximate surface area is 123 Å². The molecule has 0 aromatic heterocycles. The molecule has 0 radical (unpaired) electrons. The zero-order valence-corrected chi connectivity index (χ0v) is 12.1. The Morgan fingerprint density at radius 2 is 1.95 bits per heavy atom. The minimum absolute atomic E-state index is 0.0253. The van der Waals surface area contributed by atoms with Crippen LogP contribution in [0, 0.1) is 17.8 Å². The number of aliphatic carboxylic acids is 1. The van der Waals surface area contributed by atoms with Gasteiger partial charge in [0.15, 0.2) is 0 Å². The molecule has 0 aromatic rings. The summed E-state index contributed by atoms with van der Waals surface area (Å²) in [5.41, 5.74) is 0. The molecule has 1 saturated carbocycles. The normalized spacial score (nSPS) is 35.6. The lowest BCUT2D eigenvalue weighted by Gasteiger charge is -2.38. The number of carbonyl (C=O) groups excluding carboxylic acids is 2. The topological polar surface area (TPSA) is 90.0 Å². The summed E-state index contributed by atoms with van der Waals surface area (Å²) in [6.07, 6.45) is 1.23. The van der Waals surface area contributed by atoms with E-state index in [1.165, 1.54) is 0 Å². The molecule has 2 saturated heterocycles. The fraction of sp³-hybridized carbons (Fsp3) is 0.786. The van der Waals surface area contributed by atoms with Gasteiger partial charge in [-0.25, -0.2) is 4.79 Å². The summed E-state index contributed by atoms with van der Waals surface area (Å²) in [7, 11) is 0. The number of nitrogens with one attached hydrogen (secondary N) is 1. The quantitative estimate of drug-likeness (QED) is 0.748. The van der Waals surface area contributed by atoms with E-state index in [-0.39, 0.29) is 23.9 Å². The lowest BCUT2D eigenvalue weighted by atomic mass is 9.94. The molecule has 0 spiro atoms. The van der Waals surface area contributed by atoms with Gasteiger partial charge in [0.1, 0.15) is 0 Å². The highest BCUT2D eigenvalue weighted by Crippen LogP contribution is 2.37. The highest BCUT2D eigenvalue weighted by molar-refractivity contribution is 5.86. The molecule has 3 amide bonds. The largest absolute Gasteiger partial charge is 0.481 e. The molecule has 0 aromatic carbocycles. The number of nitrogens with zero attached hydrogens (tertiary/aromatic N) is 2. The number of piperazine rings is 1. The number of hydrogen-bond donors (Lipinski definition) is 2. The molecule has 7 heteroatoms. The van der Waals surface area contributed by atoms with Crippen LogP contribution in [0.25, 0.3) is 0 Å². The van der Waals surface area contributed by atoms with E-state index in [9.17, 15) is 19.5 Å². The molecule has 7 nitrogen and oxygen atoms in total. The summed E-state index contributed by atoms with van der Waals surface area (Å²) in [4.78, 5) is 39.1. The number of carbonyl (C=O) groups is 3. The van der Waals surface area contributed by atoms with Crippen LogP contribution in [0.4, 0.5) is 4.79 Å². The summed E-state index contributed by atoms with van der Waals surface area (Å²) in [6, 6.07) is -0.0395. The standard InChI is InChI=1S/C14H21N3O4/c1-8-4-10(11(5-8)13(19)20)12(18)16-2-3-17-9(7-16)6-15-14(17)21/h8-11H,2-7H2,1H3,(H,15,21)(H,19,20). The number of amides is 3. The van der Waals surface area contributed by atoms with Crippen molar-refractivity contribution in [2.45, 2.75) is 25.8 Å². The van der Waals surface area contributed by atoms with Crippen LogP contribution in [0.1, 0.15) is 19.8 Å². The van der Waals surface area contributed by atoms with Gasteiger partial charge in [-0.05, 0) is 18.8 Å². The van der Waals surface area contributed by atoms with Crippen molar-refractivity contribution >= 4 is 17.9 Å². The molecule has 2 N–H and O–H groups in total. The van der Waals surface area contributed by atoms with E-state index in [2.05, 4.69) is 5.32 Å². The Balaban J connectivity index is 1.68. The van der Waals surface area contributed by atoms with Crippen molar-refractivity contribution in [3.8, 4) is 0 Å². The van der Waals surface area contributed by atoms with Crippen LogP contribution in [0.3, 0.4) is 0 Å². The highest BCUT2D eigenvalue weighted by atomic mass is 16.4. The molecule has 4 atom stereocenters. The van der Waals surface area contributed by atoms with Gasteiger partial charge in [-0.15, -0.1) is 0 Å². The van der Waals surface area contributed by atoms with Crippen LogP contribution in [0.2, 0.25) is 0 Å². The van der Waals surface area contributed by atoms with Crippen molar-refractivity contribution in [2.75, 3.05) is 26.2 Å². The Kier molecular flexibility index (Phi) is 3.51. The molecule has 0 bridgehead atoms. The number of hydrogen-bond acceptors (Lipinski definition) is 3. The zero-order valence-electron chi connectivity index (χ0n) is 12.1. The molecular weight excluding hydrogens is 274 g/mol. The highest BCUT2D eigenvalue weighted by Gasteiger charge is 2.45. The van der Waals surface area contributed by atoms with E-state index in [0.717, 1.165) is 0 Å². The molecular formula is C14H21N3O4. The summed E-state index contributed by atoms with van der Waals surface area (Å²) < 4.78 is 0. The fourth-order valence-corrected chi connectivity index (χ4v) is 3.88. The summed E-state index contributed by atoms with van der Waals surface area (Å²) in [5.74, 6) is -1.61. The van der Waals surface area contributed by atoms with Gasteiger partial charge < -0.3 is 20.2 Å². The molecule has 1 aliphatic carbocycles. The van der Waals surface area contributed by atoms with E-state index >= 15 is 0 Å². The number of carboxylic acids is 1. The second kappa shape index (κ2) is 5.20. The maximum absolute atomic E-state index is 12.7. The minimum Gasteiger partial charge on any atom is -0.481 e. The first-order valence-electron chi connectivity index (χ1n) is 7.53. The van der Waals surface area contributed by atoms with Crippen molar-refractivity contribution in [2.24, 2.45) is 17.8 Å². The summed E-state index contributed by atoms with van der Waals surface area (Å²) in [5, 5.41) is 12.1. The third kappa shape index (κ3) is 2.45. The monoisotopic (exact) mass is 295 g/mol. The summed E-state index contributed by atoms with van der Waals surface area (Å²) in [6.45, 7) is 4.10. The lowest BCUT2D eigenvalue weighted by molar-refractivity contribution is -0.150. The van der Waals surface area contributed by atoms with Crippen LogP contribution >= 0.6 is 0 Å². The van der Waals surface area contributed by atoms with E-state index in [4.69, 9.17) is 0 Å². The molecule has 2 heterocycles. The van der Waals surface area contributed by atoms with Gasteiger partial charge in [0.05, 0.1) is 17.9 Å². The molecule has 3 rings (SSSR count). The average molecular weight is 295 g/mol. The first-order chi connectivity index (χ1) is 9.97. The molecule has 21 heavy (non-hydrogen) atoms. The number of carboxylic acid groups (broad SMARTS) is 1. The number of urea groups is 1. The lowest BCUT2D eigenvalue weighted by Crippen LogP contribution is -2.55. The number of fused-ring (bicyclic) bond motifs is 1. The Morgan fingerprint density at radius 3 is 2.67 bits per heavy atom. The molecule has 2 aliphatic heterocycles. The molecule has 3 aliphatic rings.